The van der Waals surface area contributed by atoms with Gasteiger partial charge in [-0.25, -0.2) is 9.50 Å². The van der Waals surface area contributed by atoms with Gasteiger partial charge >= 0.3 is 0 Å². The highest BCUT2D eigenvalue weighted by atomic mass is 79.9. The molecular formula is C10H8BrN3S2. The minimum absolute atomic E-state index is 0.966. The van der Waals surface area contributed by atoms with Crippen LogP contribution in [0.4, 0.5) is 0 Å². The van der Waals surface area contributed by atoms with E-state index < -0.39 is 0 Å². The van der Waals surface area contributed by atoms with E-state index in [9.17, 15) is 0 Å². The van der Waals surface area contributed by atoms with E-state index in [0.717, 1.165) is 26.6 Å². The number of fused-ring (bicyclic) bond motifs is 1. The maximum Gasteiger partial charge on any atom is 0.212 e. The van der Waals surface area contributed by atoms with Crippen LogP contribution in [-0.2, 0) is 6.42 Å². The second-order valence-electron chi connectivity index (χ2n) is 3.33. The summed E-state index contributed by atoms with van der Waals surface area (Å²) in [5.74, 6) is 0. The standard InChI is InChI=1S/C10H8BrN3S2/c1-2-9-13-14-4-7(12-10(14)16-9)8-3-6(11)5-15-8/h3-5H,2H2,1H3. The van der Waals surface area contributed by atoms with Crippen LogP contribution in [-0.4, -0.2) is 14.6 Å². The quantitative estimate of drug-likeness (QED) is 0.719. The molecule has 0 aliphatic carbocycles. The lowest BCUT2D eigenvalue weighted by molar-refractivity contribution is 0.911. The molecule has 0 saturated heterocycles. The molecule has 3 nitrogen and oxygen atoms in total. The lowest BCUT2D eigenvalue weighted by Crippen LogP contribution is -1.82. The molecule has 0 N–H and O–H groups in total. The number of thiophene rings is 1. The number of hydrogen-bond donors (Lipinski definition) is 0. The van der Waals surface area contributed by atoms with Gasteiger partial charge in [0, 0.05) is 9.85 Å². The number of rotatable bonds is 2. The van der Waals surface area contributed by atoms with E-state index in [1.165, 1.54) is 4.88 Å². The van der Waals surface area contributed by atoms with E-state index >= 15 is 0 Å². The van der Waals surface area contributed by atoms with Gasteiger partial charge in [0.2, 0.25) is 4.96 Å². The van der Waals surface area contributed by atoms with Crippen LogP contribution >= 0.6 is 38.6 Å². The Morgan fingerprint density at radius 2 is 2.38 bits per heavy atom. The summed E-state index contributed by atoms with van der Waals surface area (Å²) < 4.78 is 2.97. The van der Waals surface area contributed by atoms with Crippen LogP contribution in [0.5, 0.6) is 0 Å². The van der Waals surface area contributed by atoms with E-state index in [2.05, 4.69) is 44.4 Å². The molecule has 3 heterocycles. The van der Waals surface area contributed by atoms with Gasteiger partial charge in [0.25, 0.3) is 0 Å². The third-order valence-corrected chi connectivity index (χ3v) is 4.99. The third-order valence-electron chi connectivity index (χ3n) is 2.21. The van der Waals surface area contributed by atoms with Crippen molar-refractivity contribution in [1.29, 1.82) is 0 Å². The monoisotopic (exact) mass is 313 g/mol. The second kappa shape index (κ2) is 3.94. The van der Waals surface area contributed by atoms with E-state index in [4.69, 9.17) is 0 Å². The van der Waals surface area contributed by atoms with E-state index in [1.54, 1.807) is 22.7 Å². The number of hydrogen-bond acceptors (Lipinski definition) is 4. The molecule has 82 valence electrons. The Balaban J connectivity index is 2.09. The van der Waals surface area contributed by atoms with Crippen LogP contribution in [0, 0.1) is 0 Å². The summed E-state index contributed by atoms with van der Waals surface area (Å²) in [6, 6.07) is 2.08. The first kappa shape index (κ1) is 10.4. The van der Waals surface area contributed by atoms with E-state index in [0.29, 0.717) is 0 Å². The fourth-order valence-electron chi connectivity index (χ4n) is 1.45. The predicted octanol–water partition coefficient (Wildman–Crippen LogP) is 3.84. The zero-order chi connectivity index (χ0) is 11.1. The predicted molar refractivity (Wildman–Crippen MR) is 71.3 cm³/mol. The molecule has 0 saturated carbocycles. The van der Waals surface area contributed by atoms with Gasteiger partial charge in [0.05, 0.1) is 11.1 Å². The molecule has 3 aromatic rings. The Kier molecular flexibility index (Phi) is 2.57. The van der Waals surface area contributed by atoms with Gasteiger partial charge in [0.1, 0.15) is 10.7 Å². The highest BCUT2D eigenvalue weighted by Crippen LogP contribution is 2.30. The third kappa shape index (κ3) is 1.70. The summed E-state index contributed by atoms with van der Waals surface area (Å²) >= 11 is 6.79. The number of aryl methyl sites for hydroxylation is 1. The van der Waals surface area contributed by atoms with Gasteiger partial charge in [-0.2, -0.15) is 5.10 Å². The number of nitrogens with zero attached hydrogens (tertiary/aromatic N) is 3. The maximum absolute atomic E-state index is 4.57. The van der Waals surface area contributed by atoms with Crippen LogP contribution in [0.1, 0.15) is 11.9 Å². The first-order valence-electron chi connectivity index (χ1n) is 4.86. The van der Waals surface area contributed by atoms with Crippen molar-refractivity contribution in [2.45, 2.75) is 13.3 Å². The smallest absolute Gasteiger partial charge is 0.212 e. The molecule has 16 heavy (non-hydrogen) atoms. The molecular weight excluding hydrogens is 306 g/mol. The van der Waals surface area contributed by atoms with Crippen molar-refractivity contribution in [3.8, 4) is 10.6 Å². The minimum atomic E-state index is 0.966. The fraction of sp³-hybridized carbons (Fsp3) is 0.200. The molecule has 0 amide bonds. The number of aromatic nitrogens is 3. The Morgan fingerprint density at radius 1 is 1.50 bits per heavy atom. The van der Waals surface area contributed by atoms with Crippen LogP contribution in [0.2, 0.25) is 0 Å². The van der Waals surface area contributed by atoms with Crippen molar-refractivity contribution in [2.75, 3.05) is 0 Å². The number of imidazole rings is 1. The zero-order valence-corrected chi connectivity index (χ0v) is 11.7. The van der Waals surface area contributed by atoms with Crippen molar-refractivity contribution < 1.29 is 0 Å². The molecule has 0 bridgehead atoms. The lowest BCUT2D eigenvalue weighted by atomic mass is 10.4. The Labute approximate surface area is 109 Å². The van der Waals surface area contributed by atoms with Gasteiger partial charge < -0.3 is 0 Å². The molecule has 6 heteroatoms. The molecule has 0 unspecified atom stereocenters. The highest BCUT2D eigenvalue weighted by molar-refractivity contribution is 9.10. The molecule has 0 atom stereocenters. The summed E-state index contributed by atoms with van der Waals surface area (Å²) in [5.41, 5.74) is 0.997. The zero-order valence-electron chi connectivity index (χ0n) is 8.48. The molecule has 3 rings (SSSR count). The molecule has 0 fully saturated rings. The Morgan fingerprint density at radius 3 is 3.00 bits per heavy atom. The van der Waals surface area contributed by atoms with Crippen molar-refractivity contribution in [2.24, 2.45) is 0 Å². The molecule has 0 aliphatic heterocycles. The molecule has 3 aromatic heterocycles. The van der Waals surface area contributed by atoms with Crippen LogP contribution in [0.3, 0.4) is 0 Å². The first-order valence-corrected chi connectivity index (χ1v) is 7.34. The van der Waals surface area contributed by atoms with E-state index in [1.807, 2.05) is 10.7 Å². The van der Waals surface area contributed by atoms with Gasteiger partial charge in [-0.05, 0) is 28.4 Å². The van der Waals surface area contributed by atoms with Crippen LogP contribution in [0.25, 0.3) is 15.5 Å². The average molecular weight is 314 g/mol. The van der Waals surface area contributed by atoms with E-state index in [-0.39, 0.29) is 0 Å². The topological polar surface area (TPSA) is 30.2 Å². The maximum atomic E-state index is 4.57. The fourth-order valence-corrected chi connectivity index (χ4v) is 3.65. The summed E-state index contributed by atoms with van der Waals surface area (Å²) in [6.07, 6.45) is 2.96. The molecule has 0 radical (unpaired) electrons. The van der Waals surface area contributed by atoms with Crippen molar-refractivity contribution in [3.63, 3.8) is 0 Å². The van der Waals surface area contributed by atoms with Crippen molar-refractivity contribution >= 4 is 43.6 Å². The van der Waals surface area contributed by atoms with Gasteiger partial charge in [0.15, 0.2) is 0 Å². The summed E-state index contributed by atoms with van der Waals surface area (Å²) in [6.45, 7) is 2.11. The largest absolute Gasteiger partial charge is 0.217 e. The van der Waals surface area contributed by atoms with Crippen LogP contribution < -0.4 is 0 Å². The number of halogens is 1. The van der Waals surface area contributed by atoms with Crippen LogP contribution in [0.15, 0.2) is 22.1 Å². The Hall–Kier alpha value is -0.720. The van der Waals surface area contributed by atoms with Crippen molar-refractivity contribution in [3.05, 3.63) is 27.1 Å². The highest BCUT2D eigenvalue weighted by Gasteiger charge is 2.10. The molecule has 0 aromatic carbocycles. The summed E-state index contributed by atoms with van der Waals surface area (Å²) in [7, 11) is 0. The van der Waals surface area contributed by atoms with Gasteiger partial charge in [-0.15, -0.1) is 11.3 Å². The average Bonchev–Trinajstić information content (AvgIpc) is 2.89. The molecule has 0 aliphatic rings. The Bertz CT molecular complexity index is 606. The first-order chi connectivity index (χ1) is 7.76. The summed E-state index contributed by atoms with van der Waals surface area (Å²) in [5, 5.41) is 7.64. The summed E-state index contributed by atoms with van der Waals surface area (Å²) in [4.78, 5) is 6.71. The SMILES string of the molecule is CCc1nn2cc(-c3cc(Br)cs3)nc2s1. The van der Waals surface area contributed by atoms with Gasteiger partial charge in [-0.3, -0.25) is 0 Å². The van der Waals surface area contributed by atoms with Gasteiger partial charge in [-0.1, -0.05) is 18.3 Å². The normalized spacial score (nSPS) is 11.4. The second-order valence-corrected chi connectivity index (χ2v) is 6.20. The molecule has 0 spiro atoms. The minimum Gasteiger partial charge on any atom is -0.217 e. The lowest BCUT2D eigenvalue weighted by Gasteiger charge is -1.86. The van der Waals surface area contributed by atoms with Crippen molar-refractivity contribution in [1.82, 2.24) is 14.6 Å².